The minimum atomic E-state index is -4.40. The molecule has 0 saturated heterocycles. The summed E-state index contributed by atoms with van der Waals surface area (Å²) in [5, 5.41) is 0. The average molecular weight is 835 g/mol. The van der Waals surface area contributed by atoms with Gasteiger partial charge in [-0.1, -0.05) is 177 Å². The van der Waals surface area contributed by atoms with Gasteiger partial charge >= 0.3 is 19.8 Å². The molecule has 0 fully saturated rings. The van der Waals surface area contributed by atoms with E-state index >= 15 is 0 Å². The van der Waals surface area contributed by atoms with Crippen LogP contribution in [0.3, 0.4) is 0 Å². The molecule has 10 heteroatoms. The summed E-state index contributed by atoms with van der Waals surface area (Å²) in [7, 11) is 1.42. The fraction of sp³-hybridized carbons (Fsp3) is 0.708. The molecule has 0 bridgehead atoms. The van der Waals surface area contributed by atoms with Crippen molar-refractivity contribution in [3.63, 3.8) is 0 Å². The van der Waals surface area contributed by atoms with Gasteiger partial charge < -0.3 is 18.9 Å². The Hall–Kier alpha value is -2.55. The number of carbonyl (C=O) groups is 2. The summed E-state index contributed by atoms with van der Waals surface area (Å²) in [6.07, 6.45) is 49.6. The topological polar surface area (TPSA) is 108 Å². The molecule has 0 saturated carbocycles. The van der Waals surface area contributed by atoms with E-state index in [1.54, 1.807) is 0 Å². The molecule has 2 atom stereocenters. The summed E-state index contributed by atoms with van der Waals surface area (Å²) in [5.74, 6) is -0.898. The third kappa shape index (κ3) is 43.0. The Kier molecular flexibility index (Phi) is 38.1. The third-order valence-electron chi connectivity index (χ3n) is 9.26. The fourth-order valence-electron chi connectivity index (χ4n) is 5.75. The van der Waals surface area contributed by atoms with Crippen LogP contribution in [0.4, 0.5) is 0 Å². The Morgan fingerprint density at radius 1 is 0.552 bits per heavy atom. The van der Waals surface area contributed by atoms with E-state index in [1.165, 1.54) is 77.0 Å². The summed E-state index contributed by atoms with van der Waals surface area (Å²) in [5.41, 5.74) is 0. The highest BCUT2D eigenvalue weighted by molar-refractivity contribution is 7.47. The van der Waals surface area contributed by atoms with Gasteiger partial charge in [-0.2, -0.15) is 0 Å². The number of allylic oxidation sites excluding steroid dienone is 12. The van der Waals surface area contributed by atoms with Crippen molar-refractivity contribution in [2.45, 2.75) is 174 Å². The standard InChI is InChI=1S/C48H84NO8P/c1-6-8-10-12-14-16-18-20-22-23-24-25-27-29-31-33-35-37-39-41-48(51)57-46(45-56-58(52,53)55-43-42-49(3,4)5)44-54-47(50)40-38-36-34-32-30-28-26-21-19-17-15-13-11-9-7-2/h8,10,14,16,20,22,24-25,29,31,35,37,46H,6-7,9,11-13,15,17-19,21,23,26-28,30,32-34,36,38-45H2,1-5H3/p+1/b10-8-,16-14+,22-20+,25-24+,31-29+,37-35+/t46-/m1/s1. The molecule has 0 aliphatic rings. The molecule has 0 heterocycles. The molecular formula is C48H85NO8P+. The second kappa shape index (κ2) is 39.9. The molecule has 0 radical (unpaired) electrons. The molecule has 0 aliphatic heterocycles. The van der Waals surface area contributed by atoms with E-state index in [4.69, 9.17) is 18.5 Å². The first-order valence-electron chi connectivity index (χ1n) is 22.7. The molecule has 1 unspecified atom stereocenters. The van der Waals surface area contributed by atoms with Crippen LogP contribution in [0, 0.1) is 0 Å². The van der Waals surface area contributed by atoms with Crippen molar-refractivity contribution >= 4 is 19.8 Å². The lowest BCUT2D eigenvalue weighted by Crippen LogP contribution is -2.37. The zero-order valence-electron chi connectivity index (χ0n) is 37.5. The minimum absolute atomic E-state index is 0.0158. The summed E-state index contributed by atoms with van der Waals surface area (Å²) in [6.45, 7) is 4.22. The third-order valence-corrected chi connectivity index (χ3v) is 10.2. The van der Waals surface area contributed by atoms with Gasteiger partial charge in [0.1, 0.15) is 19.8 Å². The van der Waals surface area contributed by atoms with E-state index in [0.29, 0.717) is 17.4 Å². The largest absolute Gasteiger partial charge is 0.472 e. The van der Waals surface area contributed by atoms with Crippen LogP contribution in [-0.2, 0) is 32.7 Å². The summed E-state index contributed by atoms with van der Waals surface area (Å²) in [6, 6.07) is 0. The summed E-state index contributed by atoms with van der Waals surface area (Å²) in [4.78, 5) is 35.4. The number of nitrogens with zero attached hydrogens (tertiary/aromatic N) is 1. The monoisotopic (exact) mass is 835 g/mol. The maximum absolute atomic E-state index is 12.7. The van der Waals surface area contributed by atoms with Crippen molar-refractivity contribution in [1.82, 2.24) is 0 Å². The first kappa shape index (κ1) is 55.5. The molecule has 0 spiro atoms. The summed E-state index contributed by atoms with van der Waals surface area (Å²) < 4.78 is 34.2. The van der Waals surface area contributed by atoms with Crippen LogP contribution in [0.1, 0.15) is 168 Å². The highest BCUT2D eigenvalue weighted by Gasteiger charge is 2.27. The molecule has 1 N–H and O–H groups in total. The van der Waals surface area contributed by atoms with Crippen LogP contribution in [0.15, 0.2) is 72.9 Å². The lowest BCUT2D eigenvalue weighted by Gasteiger charge is -2.24. The second-order valence-corrected chi connectivity index (χ2v) is 17.5. The van der Waals surface area contributed by atoms with Crippen LogP contribution in [-0.4, -0.2) is 74.9 Å². The number of esters is 2. The maximum Gasteiger partial charge on any atom is 0.472 e. The molecule has 0 aliphatic carbocycles. The van der Waals surface area contributed by atoms with Crippen LogP contribution in [0.25, 0.3) is 0 Å². The molecule has 0 rings (SSSR count). The molecular weight excluding hydrogens is 750 g/mol. The smallest absolute Gasteiger partial charge is 0.462 e. The van der Waals surface area contributed by atoms with Gasteiger partial charge in [0.15, 0.2) is 6.10 Å². The number of hydrogen-bond donors (Lipinski definition) is 1. The van der Waals surface area contributed by atoms with Crippen molar-refractivity contribution in [3.8, 4) is 0 Å². The average Bonchev–Trinajstić information content (AvgIpc) is 3.17. The van der Waals surface area contributed by atoms with Crippen molar-refractivity contribution in [3.05, 3.63) is 72.9 Å². The number of quaternary nitrogens is 1. The molecule has 0 aromatic carbocycles. The van der Waals surface area contributed by atoms with Crippen molar-refractivity contribution in [1.29, 1.82) is 0 Å². The van der Waals surface area contributed by atoms with Gasteiger partial charge in [-0.3, -0.25) is 18.6 Å². The van der Waals surface area contributed by atoms with E-state index in [-0.39, 0.29) is 32.0 Å². The van der Waals surface area contributed by atoms with Gasteiger partial charge in [0.2, 0.25) is 0 Å². The van der Waals surface area contributed by atoms with Crippen molar-refractivity contribution < 1.29 is 42.1 Å². The van der Waals surface area contributed by atoms with E-state index in [2.05, 4.69) is 74.6 Å². The first-order valence-corrected chi connectivity index (χ1v) is 24.2. The lowest BCUT2D eigenvalue weighted by molar-refractivity contribution is -0.870. The van der Waals surface area contributed by atoms with Crippen LogP contribution < -0.4 is 0 Å². The van der Waals surface area contributed by atoms with Gasteiger partial charge in [0.25, 0.3) is 0 Å². The number of rotatable bonds is 40. The number of hydrogen-bond acceptors (Lipinski definition) is 7. The van der Waals surface area contributed by atoms with Gasteiger partial charge in [0, 0.05) is 12.8 Å². The number of phosphoric acid groups is 1. The minimum Gasteiger partial charge on any atom is -0.462 e. The predicted molar refractivity (Wildman–Crippen MR) is 242 cm³/mol. The second-order valence-electron chi connectivity index (χ2n) is 16.1. The first-order chi connectivity index (χ1) is 28.0. The zero-order valence-corrected chi connectivity index (χ0v) is 38.4. The van der Waals surface area contributed by atoms with Crippen LogP contribution in [0.2, 0.25) is 0 Å². The van der Waals surface area contributed by atoms with Crippen LogP contribution in [0.5, 0.6) is 0 Å². The van der Waals surface area contributed by atoms with E-state index in [9.17, 15) is 19.0 Å². The Bertz CT molecular complexity index is 1220. The number of carbonyl (C=O) groups excluding carboxylic acids is 2. The van der Waals surface area contributed by atoms with Crippen molar-refractivity contribution in [2.75, 3.05) is 47.5 Å². The number of unbranched alkanes of at least 4 members (excludes halogenated alkanes) is 14. The molecule has 0 aromatic rings. The highest BCUT2D eigenvalue weighted by Crippen LogP contribution is 2.43. The van der Waals surface area contributed by atoms with Crippen molar-refractivity contribution in [2.24, 2.45) is 0 Å². The Morgan fingerprint density at radius 3 is 1.43 bits per heavy atom. The Morgan fingerprint density at radius 2 is 0.983 bits per heavy atom. The Balaban J connectivity index is 4.48. The van der Waals surface area contributed by atoms with E-state index in [0.717, 1.165) is 57.8 Å². The lowest BCUT2D eigenvalue weighted by atomic mass is 10.0. The number of phosphoric ester groups is 1. The van der Waals surface area contributed by atoms with E-state index < -0.39 is 26.5 Å². The fourth-order valence-corrected chi connectivity index (χ4v) is 6.49. The predicted octanol–water partition coefficient (Wildman–Crippen LogP) is 13.0. The van der Waals surface area contributed by atoms with Gasteiger partial charge in [-0.15, -0.1) is 0 Å². The molecule has 334 valence electrons. The quantitative estimate of drug-likeness (QED) is 0.0214. The maximum atomic E-state index is 12.7. The van der Waals surface area contributed by atoms with Crippen LogP contribution >= 0.6 is 7.82 Å². The summed E-state index contributed by atoms with van der Waals surface area (Å²) >= 11 is 0. The van der Waals surface area contributed by atoms with Gasteiger partial charge in [0.05, 0.1) is 27.7 Å². The Labute approximate surface area is 355 Å². The van der Waals surface area contributed by atoms with Gasteiger partial charge in [-0.05, 0) is 51.4 Å². The molecule has 9 nitrogen and oxygen atoms in total. The number of ether oxygens (including phenoxy) is 2. The SMILES string of the molecule is CC/C=C\C/C=C/C/C=C/C/C=C/C/C=C/C/C=C/CCC(=O)O[C@H](COC(=O)CCCCCCCCCCCCCCCCC)COP(=O)(O)OCC[N+](C)(C)C. The van der Waals surface area contributed by atoms with Gasteiger partial charge in [-0.25, -0.2) is 4.57 Å². The normalized spacial score (nSPS) is 14.2. The zero-order chi connectivity index (χ0) is 42.8. The van der Waals surface area contributed by atoms with E-state index in [1.807, 2.05) is 33.3 Å². The molecule has 0 aromatic heterocycles. The molecule has 0 amide bonds. The molecule has 58 heavy (non-hydrogen) atoms. The number of likely N-dealkylation sites (N-methyl/N-ethyl adjacent to an activating group) is 1. The highest BCUT2D eigenvalue weighted by atomic mass is 31.2.